The minimum absolute atomic E-state index is 0.0121. The largest absolute Gasteiger partial charge is 0.272 e. The van der Waals surface area contributed by atoms with Gasteiger partial charge in [0.05, 0.1) is 16.5 Å². The van der Waals surface area contributed by atoms with Crippen LogP contribution in [0.25, 0.3) is 0 Å². The zero-order valence-electron chi connectivity index (χ0n) is 12.5. The summed E-state index contributed by atoms with van der Waals surface area (Å²) in [5.74, 6) is -0.409. The van der Waals surface area contributed by atoms with Crippen molar-refractivity contribution in [2.24, 2.45) is 11.0 Å². The van der Waals surface area contributed by atoms with Crippen molar-refractivity contribution in [2.45, 2.75) is 13.3 Å². The van der Waals surface area contributed by atoms with Crippen molar-refractivity contribution in [1.29, 1.82) is 0 Å². The summed E-state index contributed by atoms with van der Waals surface area (Å²) < 4.78 is 0. The molecule has 116 valence electrons. The maximum absolute atomic E-state index is 12.6. The van der Waals surface area contributed by atoms with Gasteiger partial charge in [-0.3, -0.25) is 14.9 Å². The molecule has 1 aliphatic rings. The Morgan fingerprint density at radius 3 is 2.39 bits per heavy atom. The molecule has 2 aromatic rings. The molecule has 6 heteroatoms. The Hall–Kier alpha value is -3.02. The van der Waals surface area contributed by atoms with Crippen molar-refractivity contribution in [2.75, 3.05) is 5.01 Å². The summed E-state index contributed by atoms with van der Waals surface area (Å²) in [4.78, 5) is 22.8. The van der Waals surface area contributed by atoms with E-state index in [-0.39, 0.29) is 17.5 Å². The summed E-state index contributed by atoms with van der Waals surface area (Å²) in [6.45, 7) is 1.83. The molecule has 1 amide bonds. The topological polar surface area (TPSA) is 75.8 Å². The van der Waals surface area contributed by atoms with Crippen LogP contribution >= 0.6 is 0 Å². The van der Waals surface area contributed by atoms with Gasteiger partial charge in [0, 0.05) is 17.8 Å². The van der Waals surface area contributed by atoms with Crippen LogP contribution in [0.5, 0.6) is 0 Å². The second-order valence-electron chi connectivity index (χ2n) is 5.41. The lowest BCUT2D eigenvalue weighted by molar-refractivity contribution is -0.384. The van der Waals surface area contributed by atoms with Crippen LogP contribution in [0.1, 0.15) is 12.5 Å². The van der Waals surface area contributed by atoms with Crippen molar-refractivity contribution < 1.29 is 9.72 Å². The number of non-ortho nitro benzene ring substituents is 1. The number of amides is 1. The molecule has 0 fully saturated rings. The van der Waals surface area contributed by atoms with Gasteiger partial charge in [-0.2, -0.15) is 5.10 Å². The van der Waals surface area contributed by atoms with Crippen molar-refractivity contribution in [3.05, 3.63) is 70.3 Å². The molecule has 0 aliphatic carbocycles. The number of benzene rings is 2. The lowest BCUT2D eigenvalue weighted by Crippen LogP contribution is -2.28. The van der Waals surface area contributed by atoms with Crippen LogP contribution in [-0.2, 0) is 11.2 Å². The SMILES string of the molecule is CC1=NN(c2ccc([N+](=O)[O-])cc2)C(=O)[C@@H]1Cc1ccccc1. The average molecular weight is 309 g/mol. The Morgan fingerprint density at radius 1 is 1.13 bits per heavy atom. The fraction of sp³-hybridized carbons (Fsp3) is 0.176. The molecule has 1 aliphatic heterocycles. The number of rotatable bonds is 4. The highest BCUT2D eigenvalue weighted by atomic mass is 16.6. The summed E-state index contributed by atoms with van der Waals surface area (Å²) in [5.41, 5.74) is 2.35. The smallest absolute Gasteiger partial charge is 0.269 e. The molecule has 0 spiro atoms. The van der Waals surface area contributed by atoms with Gasteiger partial charge in [-0.1, -0.05) is 30.3 Å². The third-order valence-corrected chi connectivity index (χ3v) is 3.86. The van der Waals surface area contributed by atoms with Gasteiger partial charge in [-0.15, -0.1) is 0 Å². The minimum atomic E-state index is -0.470. The number of hydrogen-bond donors (Lipinski definition) is 0. The maximum Gasteiger partial charge on any atom is 0.269 e. The van der Waals surface area contributed by atoms with E-state index in [0.29, 0.717) is 12.1 Å². The number of nitro groups is 1. The van der Waals surface area contributed by atoms with Crippen molar-refractivity contribution >= 4 is 23.0 Å². The summed E-state index contributed by atoms with van der Waals surface area (Å²) >= 11 is 0. The van der Waals surface area contributed by atoms with E-state index in [9.17, 15) is 14.9 Å². The first-order valence-corrected chi connectivity index (χ1v) is 7.23. The normalized spacial score (nSPS) is 17.3. The van der Waals surface area contributed by atoms with Crippen molar-refractivity contribution in [3.63, 3.8) is 0 Å². The van der Waals surface area contributed by atoms with Crippen LogP contribution in [-0.4, -0.2) is 16.5 Å². The van der Waals surface area contributed by atoms with E-state index >= 15 is 0 Å². The summed E-state index contributed by atoms with van der Waals surface area (Å²) in [7, 11) is 0. The van der Waals surface area contributed by atoms with Gasteiger partial charge in [0.25, 0.3) is 11.6 Å². The van der Waals surface area contributed by atoms with Crippen molar-refractivity contribution in [1.82, 2.24) is 0 Å². The zero-order chi connectivity index (χ0) is 16.4. The van der Waals surface area contributed by atoms with Gasteiger partial charge in [-0.05, 0) is 31.0 Å². The Labute approximate surface area is 133 Å². The quantitative estimate of drug-likeness (QED) is 0.643. The van der Waals surface area contributed by atoms with E-state index in [1.807, 2.05) is 37.3 Å². The number of hydrogen-bond acceptors (Lipinski definition) is 4. The predicted molar refractivity (Wildman–Crippen MR) is 87.3 cm³/mol. The number of carbonyl (C=O) groups excluding carboxylic acids is 1. The van der Waals surface area contributed by atoms with Gasteiger partial charge in [-0.25, -0.2) is 5.01 Å². The van der Waals surface area contributed by atoms with E-state index in [0.717, 1.165) is 11.3 Å². The molecule has 23 heavy (non-hydrogen) atoms. The lowest BCUT2D eigenvalue weighted by atomic mass is 9.95. The fourth-order valence-electron chi connectivity index (χ4n) is 2.59. The lowest BCUT2D eigenvalue weighted by Gasteiger charge is -2.14. The Balaban J connectivity index is 1.80. The molecular weight excluding hydrogens is 294 g/mol. The Morgan fingerprint density at radius 2 is 1.78 bits per heavy atom. The van der Waals surface area contributed by atoms with Crippen LogP contribution in [0, 0.1) is 16.0 Å². The van der Waals surface area contributed by atoms with Gasteiger partial charge < -0.3 is 0 Å². The predicted octanol–water partition coefficient (Wildman–Crippen LogP) is 3.18. The molecule has 0 saturated carbocycles. The monoisotopic (exact) mass is 309 g/mol. The van der Waals surface area contributed by atoms with Crippen LogP contribution in [0.4, 0.5) is 11.4 Å². The molecule has 0 unspecified atom stereocenters. The molecule has 1 atom stereocenters. The Bertz CT molecular complexity index is 769. The first kappa shape index (κ1) is 14.9. The van der Waals surface area contributed by atoms with Gasteiger partial charge in [0.1, 0.15) is 0 Å². The number of anilines is 1. The molecule has 6 nitrogen and oxygen atoms in total. The molecule has 3 rings (SSSR count). The van der Waals surface area contributed by atoms with E-state index in [2.05, 4.69) is 5.10 Å². The second kappa shape index (κ2) is 6.00. The fourth-order valence-corrected chi connectivity index (χ4v) is 2.59. The molecular formula is C17H15N3O3. The molecule has 1 heterocycles. The number of nitro benzene ring substituents is 1. The van der Waals surface area contributed by atoms with Crippen LogP contribution in [0.15, 0.2) is 59.7 Å². The second-order valence-corrected chi connectivity index (χ2v) is 5.41. The van der Waals surface area contributed by atoms with E-state index in [1.54, 1.807) is 0 Å². The molecule has 2 aromatic carbocycles. The molecule has 0 aromatic heterocycles. The van der Waals surface area contributed by atoms with Crippen LogP contribution in [0.3, 0.4) is 0 Å². The summed E-state index contributed by atoms with van der Waals surface area (Å²) in [5, 5.41) is 16.4. The number of nitrogens with zero attached hydrogens (tertiary/aromatic N) is 3. The molecule has 0 N–H and O–H groups in total. The number of carbonyl (C=O) groups is 1. The van der Waals surface area contributed by atoms with E-state index in [1.165, 1.54) is 29.3 Å². The number of hydrazone groups is 1. The van der Waals surface area contributed by atoms with Gasteiger partial charge >= 0.3 is 0 Å². The molecule has 0 saturated heterocycles. The average Bonchev–Trinajstić information content (AvgIpc) is 2.84. The van der Waals surface area contributed by atoms with Crippen LogP contribution in [0.2, 0.25) is 0 Å². The third kappa shape index (κ3) is 2.96. The zero-order valence-corrected chi connectivity index (χ0v) is 12.5. The van der Waals surface area contributed by atoms with Crippen molar-refractivity contribution in [3.8, 4) is 0 Å². The van der Waals surface area contributed by atoms with E-state index < -0.39 is 4.92 Å². The Kier molecular flexibility index (Phi) is 3.89. The highest BCUT2D eigenvalue weighted by molar-refractivity contribution is 6.14. The van der Waals surface area contributed by atoms with Gasteiger partial charge in [0.2, 0.25) is 0 Å². The van der Waals surface area contributed by atoms with E-state index in [4.69, 9.17) is 0 Å². The first-order chi connectivity index (χ1) is 11.1. The highest BCUT2D eigenvalue weighted by Gasteiger charge is 2.34. The standard InChI is InChI=1S/C17H15N3O3/c1-12-16(11-13-5-3-2-4-6-13)17(21)19(18-12)14-7-9-15(10-8-14)20(22)23/h2-10,16H,11H2,1H3/t16-/m1/s1. The minimum Gasteiger partial charge on any atom is -0.272 e. The maximum atomic E-state index is 12.6. The first-order valence-electron chi connectivity index (χ1n) is 7.23. The molecule has 0 bridgehead atoms. The summed E-state index contributed by atoms with van der Waals surface area (Å²) in [6, 6.07) is 15.6. The molecule has 0 radical (unpaired) electrons. The highest BCUT2D eigenvalue weighted by Crippen LogP contribution is 2.27. The van der Waals surface area contributed by atoms with Gasteiger partial charge in [0.15, 0.2) is 0 Å². The third-order valence-electron chi connectivity index (χ3n) is 3.86. The summed E-state index contributed by atoms with van der Waals surface area (Å²) in [6.07, 6.45) is 0.596. The van der Waals surface area contributed by atoms with Crippen LogP contribution < -0.4 is 5.01 Å².